The summed E-state index contributed by atoms with van der Waals surface area (Å²) in [7, 11) is 1.73. The molecule has 0 bridgehead atoms. The quantitative estimate of drug-likeness (QED) is 0.412. The van der Waals surface area contributed by atoms with Gasteiger partial charge in [-0.25, -0.2) is 4.98 Å². The smallest absolute Gasteiger partial charge is 0.126 e. The van der Waals surface area contributed by atoms with E-state index in [4.69, 9.17) is 21.1 Å². The van der Waals surface area contributed by atoms with Crippen LogP contribution < -0.4 is 16.0 Å². The van der Waals surface area contributed by atoms with E-state index >= 15 is 0 Å². The molecule has 2 aromatic rings. The minimum Gasteiger partial charge on any atom is -0.383 e. The fourth-order valence-corrected chi connectivity index (χ4v) is 5.01. The number of nitrogens with zero attached hydrogens (tertiary/aromatic N) is 3. The van der Waals surface area contributed by atoms with Crippen LogP contribution >= 0.6 is 11.6 Å². The highest BCUT2D eigenvalue weighted by molar-refractivity contribution is 6.33. The van der Waals surface area contributed by atoms with Gasteiger partial charge in [-0.2, -0.15) is 5.26 Å². The monoisotopic (exact) mass is 498 g/mol. The van der Waals surface area contributed by atoms with E-state index in [-0.39, 0.29) is 0 Å². The van der Waals surface area contributed by atoms with E-state index in [0.717, 1.165) is 74.3 Å². The number of rotatable bonds is 10. The molecule has 3 heterocycles. The lowest BCUT2D eigenvalue weighted by Gasteiger charge is -2.31. The summed E-state index contributed by atoms with van der Waals surface area (Å²) < 4.78 is 10.6. The van der Waals surface area contributed by atoms with Crippen molar-refractivity contribution in [1.82, 2.24) is 15.3 Å². The number of hydrogen-bond donors (Lipinski definition) is 3. The maximum absolute atomic E-state index is 9.72. The molecule has 0 spiro atoms. The van der Waals surface area contributed by atoms with E-state index in [0.29, 0.717) is 36.9 Å². The molecule has 1 saturated carbocycles. The molecule has 188 valence electrons. The predicted octanol–water partition coefficient (Wildman–Crippen LogP) is 4.49. The summed E-state index contributed by atoms with van der Waals surface area (Å²) in [6.45, 7) is 3.46. The minimum absolute atomic E-state index is 0.393. The fraction of sp³-hybridized carbons (Fsp3) is 0.577. The highest BCUT2D eigenvalue weighted by Crippen LogP contribution is 2.33. The molecule has 0 atom stereocenters. The van der Waals surface area contributed by atoms with Gasteiger partial charge in [0.05, 0.1) is 28.8 Å². The standard InChI is InChI=1S/C26H35ClN6O2/c1-34-11-8-30-20-2-4-21(5-3-20)33-25-13-23(24(27)16-31-25)19-12-22(15-29-14-19)32-18-26(17-28)6-9-35-10-7-26/h12-16,20-21,30,32H,2-11,18H2,1H3,(H,31,33)/t20-,21-. The Hall–Kier alpha value is -2.44. The third-order valence-electron chi connectivity index (χ3n) is 7.04. The van der Waals surface area contributed by atoms with Crippen LogP contribution in [0.3, 0.4) is 0 Å². The number of ether oxygens (including phenoxy) is 2. The molecule has 0 amide bonds. The highest BCUT2D eigenvalue weighted by atomic mass is 35.5. The number of aromatic nitrogens is 2. The van der Waals surface area contributed by atoms with E-state index in [1.165, 1.54) is 0 Å². The van der Waals surface area contributed by atoms with Crippen molar-refractivity contribution in [2.45, 2.75) is 50.6 Å². The molecule has 1 aliphatic heterocycles. The van der Waals surface area contributed by atoms with Gasteiger partial charge in [0, 0.05) is 75.2 Å². The lowest BCUT2D eigenvalue weighted by Crippen LogP contribution is -2.38. The highest BCUT2D eigenvalue weighted by Gasteiger charge is 2.32. The summed E-state index contributed by atoms with van der Waals surface area (Å²) >= 11 is 6.53. The Bertz CT molecular complexity index is 1000. The van der Waals surface area contributed by atoms with E-state index < -0.39 is 5.41 Å². The Kier molecular flexibility index (Phi) is 9.16. The largest absolute Gasteiger partial charge is 0.383 e. The van der Waals surface area contributed by atoms with E-state index in [1.807, 2.05) is 18.3 Å². The number of hydrogen-bond acceptors (Lipinski definition) is 8. The van der Waals surface area contributed by atoms with Gasteiger partial charge < -0.3 is 25.4 Å². The lowest BCUT2D eigenvalue weighted by molar-refractivity contribution is 0.0456. The molecule has 4 rings (SSSR count). The zero-order valence-corrected chi connectivity index (χ0v) is 21.1. The number of pyridine rings is 2. The molecule has 1 aliphatic carbocycles. The van der Waals surface area contributed by atoms with E-state index in [1.54, 1.807) is 19.5 Å². The average Bonchev–Trinajstić information content (AvgIpc) is 2.90. The zero-order valence-electron chi connectivity index (χ0n) is 20.4. The van der Waals surface area contributed by atoms with Crippen LogP contribution in [0, 0.1) is 16.7 Å². The summed E-state index contributed by atoms with van der Waals surface area (Å²) in [5.74, 6) is 0.823. The molecule has 9 heteroatoms. The van der Waals surface area contributed by atoms with Crippen molar-refractivity contribution in [1.29, 1.82) is 5.26 Å². The first-order valence-electron chi connectivity index (χ1n) is 12.4. The predicted molar refractivity (Wildman–Crippen MR) is 139 cm³/mol. The molecular formula is C26H35ClN6O2. The van der Waals surface area contributed by atoms with Crippen molar-refractivity contribution >= 4 is 23.1 Å². The second-order valence-electron chi connectivity index (χ2n) is 9.51. The van der Waals surface area contributed by atoms with Gasteiger partial charge in [0.15, 0.2) is 0 Å². The summed E-state index contributed by atoms with van der Waals surface area (Å²) in [4.78, 5) is 8.93. The number of halogens is 1. The minimum atomic E-state index is -0.405. The van der Waals surface area contributed by atoms with Crippen molar-refractivity contribution in [2.24, 2.45) is 5.41 Å². The second-order valence-corrected chi connectivity index (χ2v) is 9.92. The number of nitriles is 1. The van der Waals surface area contributed by atoms with Gasteiger partial charge in [-0.3, -0.25) is 4.98 Å². The zero-order chi connectivity index (χ0) is 24.5. The fourth-order valence-electron chi connectivity index (χ4n) is 4.80. The Morgan fingerprint density at radius 1 is 1.14 bits per heavy atom. The summed E-state index contributed by atoms with van der Waals surface area (Å²) in [5, 5.41) is 20.9. The van der Waals surface area contributed by atoms with Gasteiger partial charge in [0.2, 0.25) is 0 Å². The average molecular weight is 499 g/mol. The van der Waals surface area contributed by atoms with Crippen LogP contribution in [0.4, 0.5) is 11.5 Å². The Labute approximate surface area is 212 Å². The van der Waals surface area contributed by atoms with Crippen LogP contribution in [0.5, 0.6) is 0 Å². The molecule has 1 saturated heterocycles. The van der Waals surface area contributed by atoms with Gasteiger partial charge in [0.1, 0.15) is 5.82 Å². The summed E-state index contributed by atoms with van der Waals surface area (Å²) in [6.07, 6.45) is 11.2. The third-order valence-corrected chi connectivity index (χ3v) is 7.34. The molecule has 0 radical (unpaired) electrons. The van der Waals surface area contributed by atoms with Gasteiger partial charge in [0.25, 0.3) is 0 Å². The number of nitrogens with one attached hydrogen (secondary N) is 3. The molecule has 2 aliphatic rings. The lowest BCUT2D eigenvalue weighted by atomic mass is 9.81. The van der Waals surface area contributed by atoms with Gasteiger partial charge in [-0.05, 0) is 50.7 Å². The molecule has 0 aromatic carbocycles. The SMILES string of the molecule is COCCN[C@H]1CC[C@H](Nc2cc(-c3cncc(NCC4(C#N)CCOCC4)c3)c(Cl)cn2)CC1. The van der Waals surface area contributed by atoms with Crippen molar-refractivity contribution in [3.8, 4) is 17.2 Å². The third kappa shape index (κ3) is 7.05. The van der Waals surface area contributed by atoms with Gasteiger partial charge >= 0.3 is 0 Å². The van der Waals surface area contributed by atoms with Crippen LogP contribution in [0.15, 0.2) is 30.7 Å². The van der Waals surface area contributed by atoms with Gasteiger partial charge in [-0.1, -0.05) is 11.6 Å². The van der Waals surface area contributed by atoms with Crippen molar-refractivity contribution in [2.75, 3.05) is 50.7 Å². The molecule has 8 nitrogen and oxygen atoms in total. The number of methoxy groups -OCH3 is 1. The second kappa shape index (κ2) is 12.5. The Morgan fingerprint density at radius 3 is 2.66 bits per heavy atom. The maximum Gasteiger partial charge on any atom is 0.126 e. The first kappa shape index (κ1) is 25.6. The molecule has 2 aromatic heterocycles. The summed E-state index contributed by atoms with van der Waals surface area (Å²) in [5.41, 5.74) is 2.26. The van der Waals surface area contributed by atoms with Crippen molar-refractivity contribution in [3.63, 3.8) is 0 Å². The number of anilines is 2. The molecule has 2 fully saturated rings. The Balaban J connectivity index is 1.38. The molecule has 0 unspecified atom stereocenters. The first-order valence-corrected chi connectivity index (χ1v) is 12.8. The first-order chi connectivity index (χ1) is 17.1. The molecule has 3 N–H and O–H groups in total. The summed E-state index contributed by atoms with van der Waals surface area (Å²) in [6, 6.07) is 7.47. The van der Waals surface area contributed by atoms with Crippen molar-refractivity contribution in [3.05, 3.63) is 35.7 Å². The van der Waals surface area contributed by atoms with Crippen LogP contribution in [-0.2, 0) is 9.47 Å². The molecular weight excluding hydrogens is 464 g/mol. The normalized spacial score (nSPS) is 21.7. The van der Waals surface area contributed by atoms with E-state index in [9.17, 15) is 5.26 Å². The topological polar surface area (TPSA) is 104 Å². The maximum atomic E-state index is 9.72. The van der Waals surface area contributed by atoms with Gasteiger partial charge in [-0.15, -0.1) is 0 Å². The van der Waals surface area contributed by atoms with Crippen LogP contribution in [0.1, 0.15) is 38.5 Å². The van der Waals surface area contributed by atoms with Crippen molar-refractivity contribution < 1.29 is 9.47 Å². The molecule has 35 heavy (non-hydrogen) atoms. The van der Waals surface area contributed by atoms with Crippen LogP contribution in [0.25, 0.3) is 11.1 Å². The van der Waals surface area contributed by atoms with Crippen LogP contribution in [0.2, 0.25) is 5.02 Å². The van der Waals surface area contributed by atoms with E-state index in [2.05, 4.69) is 32.0 Å². The Morgan fingerprint density at radius 2 is 1.91 bits per heavy atom. The van der Waals surface area contributed by atoms with Crippen LogP contribution in [-0.4, -0.2) is 62.1 Å².